The highest BCUT2D eigenvalue weighted by Gasteiger charge is 2.06. The summed E-state index contributed by atoms with van der Waals surface area (Å²) in [7, 11) is 0. The fraction of sp³-hybridized carbons (Fsp3) is 0.133. The van der Waals surface area contributed by atoms with Gasteiger partial charge >= 0.3 is 0 Å². The quantitative estimate of drug-likeness (QED) is 0.765. The predicted octanol–water partition coefficient (Wildman–Crippen LogP) is 4.13. The van der Waals surface area contributed by atoms with Crippen molar-refractivity contribution in [1.82, 2.24) is 9.97 Å². The van der Waals surface area contributed by atoms with Crippen LogP contribution in [0.4, 0.5) is 0 Å². The largest absolute Gasteiger partial charge is 0.333 e. The van der Waals surface area contributed by atoms with Gasteiger partial charge in [-0.1, -0.05) is 35.5 Å². The van der Waals surface area contributed by atoms with Gasteiger partial charge in [0.1, 0.15) is 0 Å². The molecule has 0 fully saturated rings. The molecule has 0 bridgehead atoms. The monoisotopic (exact) mass is 303 g/mol. The van der Waals surface area contributed by atoms with Crippen molar-refractivity contribution in [2.45, 2.75) is 23.5 Å². The van der Waals surface area contributed by atoms with Crippen molar-refractivity contribution in [3.63, 3.8) is 0 Å². The van der Waals surface area contributed by atoms with E-state index in [1.165, 1.54) is 5.56 Å². The van der Waals surface area contributed by atoms with Crippen LogP contribution in [0.3, 0.4) is 0 Å². The van der Waals surface area contributed by atoms with Gasteiger partial charge in [0.05, 0.1) is 11.0 Å². The summed E-state index contributed by atoms with van der Waals surface area (Å²) >= 11 is 7.73. The number of benzene rings is 2. The molecule has 20 heavy (non-hydrogen) atoms. The summed E-state index contributed by atoms with van der Waals surface area (Å²) in [6.45, 7) is 2.52. The van der Waals surface area contributed by atoms with Crippen LogP contribution in [0, 0.1) is 6.92 Å². The van der Waals surface area contributed by atoms with Gasteiger partial charge in [0, 0.05) is 16.5 Å². The van der Waals surface area contributed by atoms with E-state index in [1.54, 1.807) is 11.8 Å². The summed E-state index contributed by atoms with van der Waals surface area (Å²) in [5.41, 5.74) is 9.81. The molecule has 0 spiro atoms. The van der Waals surface area contributed by atoms with Crippen molar-refractivity contribution in [2.75, 3.05) is 0 Å². The zero-order valence-electron chi connectivity index (χ0n) is 11.0. The van der Waals surface area contributed by atoms with Crippen LogP contribution in [0.5, 0.6) is 0 Å². The van der Waals surface area contributed by atoms with Gasteiger partial charge in [-0.05, 0) is 42.3 Å². The number of aromatic nitrogens is 2. The first-order chi connectivity index (χ1) is 9.65. The molecule has 3 aromatic rings. The number of halogens is 1. The Hall–Kier alpha value is -1.49. The van der Waals surface area contributed by atoms with E-state index in [4.69, 9.17) is 17.3 Å². The third-order valence-electron chi connectivity index (χ3n) is 3.07. The van der Waals surface area contributed by atoms with Gasteiger partial charge in [-0.2, -0.15) is 0 Å². The molecule has 0 aliphatic rings. The van der Waals surface area contributed by atoms with Crippen molar-refractivity contribution in [2.24, 2.45) is 5.73 Å². The average molecular weight is 304 g/mol. The third kappa shape index (κ3) is 2.68. The molecular weight excluding hydrogens is 290 g/mol. The van der Waals surface area contributed by atoms with Crippen molar-refractivity contribution >= 4 is 34.4 Å². The molecule has 0 saturated heterocycles. The first kappa shape index (κ1) is 13.5. The molecule has 0 radical (unpaired) electrons. The van der Waals surface area contributed by atoms with E-state index in [2.05, 4.69) is 29.0 Å². The first-order valence-electron chi connectivity index (χ1n) is 6.28. The topological polar surface area (TPSA) is 54.7 Å². The highest BCUT2D eigenvalue weighted by Crippen LogP contribution is 2.30. The van der Waals surface area contributed by atoms with Gasteiger partial charge in [-0.3, -0.25) is 0 Å². The summed E-state index contributed by atoms with van der Waals surface area (Å²) in [5.74, 6) is 0. The minimum Gasteiger partial charge on any atom is -0.333 e. The number of aromatic amines is 1. The number of imidazole rings is 1. The number of H-pyrrole nitrogens is 1. The van der Waals surface area contributed by atoms with Crippen molar-refractivity contribution in [3.05, 3.63) is 52.5 Å². The van der Waals surface area contributed by atoms with Crippen LogP contribution in [0.15, 0.2) is 46.5 Å². The molecule has 0 atom stereocenters. The maximum atomic E-state index is 6.17. The summed E-state index contributed by atoms with van der Waals surface area (Å²) in [4.78, 5) is 8.92. The molecule has 0 aliphatic heterocycles. The Morgan fingerprint density at radius 1 is 1.25 bits per heavy atom. The van der Waals surface area contributed by atoms with Crippen LogP contribution >= 0.6 is 23.4 Å². The number of nitrogens with two attached hydrogens (primary N) is 1. The summed E-state index contributed by atoms with van der Waals surface area (Å²) in [6.07, 6.45) is 0. The lowest BCUT2D eigenvalue weighted by Crippen LogP contribution is -1.96. The van der Waals surface area contributed by atoms with Gasteiger partial charge < -0.3 is 10.7 Å². The molecule has 0 aliphatic carbocycles. The van der Waals surface area contributed by atoms with E-state index in [0.29, 0.717) is 11.6 Å². The summed E-state index contributed by atoms with van der Waals surface area (Å²) in [5, 5.41) is 1.56. The Balaban J connectivity index is 1.90. The number of rotatable bonds is 3. The first-order valence-corrected chi connectivity index (χ1v) is 7.48. The van der Waals surface area contributed by atoms with E-state index in [9.17, 15) is 0 Å². The second-order valence-electron chi connectivity index (χ2n) is 4.62. The number of hydrogen-bond acceptors (Lipinski definition) is 3. The molecule has 102 valence electrons. The van der Waals surface area contributed by atoms with Crippen molar-refractivity contribution in [3.8, 4) is 0 Å². The minimum absolute atomic E-state index is 0.452. The molecule has 3 nitrogen and oxygen atoms in total. The van der Waals surface area contributed by atoms with Crippen LogP contribution in [-0.4, -0.2) is 9.97 Å². The highest BCUT2D eigenvalue weighted by molar-refractivity contribution is 7.99. The maximum Gasteiger partial charge on any atom is 0.171 e. The van der Waals surface area contributed by atoms with Crippen LogP contribution in [0.2, 0.25) is 5.02 Å². The molecule has 2 aromatic carbocycles. The molecular formula is C15H14ClN3S. The molecule has 1 aromatic heterocycles. The number of nitrogens with zero attached hydrogens (tertiary/aromatic N) is 1. The number of fused-ring (bicyclic) bond motifs is 1. The van der Waals surface area contributed by atoms with Gasteiger partial charge in [0.2, 0.25) is 0 Å². The molecule has 0 unspecified atom stereocenters. The third-order valence-corrected chi connectivity index (χ3v) is 4.30. The van der Waals surface area contributed by atoms with Gasteiger partial charge in [0.15, 0.2) is 5.16 Å². The molecule has 5 heteroatoms. The Morgan fingerprint density at radius 2 is 2.10 bits per heavy atom. The van der Waals surface area contributed by atoms with E-state index in [1.807, 2.05) is 24.3 Å². The fourth-order valence-corrected chi connectivity index (χ4v) is 3.18. The standard InChI is InChI=1S/C15H14ClN3S/c1-9-2-5-13-14(6-9)19-15(18-13)20-11-4-3-10(8-17)12(16)7-11/h2-7H,8,17H2,1H3,(H,18,19). The fourth-order valence-electron chi connectivity index (χ4n) is 2.02. The molecule has 0 amide bonds. The van der Waals surface area contributed by atoms with Crippen LogP contribution in [-0.2, 0) is 6.54 Å². The Kier molecular flexibility index (Phi) is 3.70. The van der Waals surface area contributed by atoms with E-state index >= 15 is 0 Å². The second kappa shape index (κ2) is 5.48. The van der Waals surface area contributed by atoms with Crippen LogP contribution < -0.4 is 5.73 Å². The molecule has 0 saturated carbocycles. The lowest BCUT2D eigenvalue weighted by molar-refractivity contribution is 1.06. The molecule has 3 N–H and O–H groups in total. The van der Waals surface area contributed by atoms with E-state index in [0.717, 1.165) is 26.6 Å². The van der Waals surface area contributed by atoms with Crippen LogP contribution in [0.1, 0.15) is 11.1 Å². The molecule has 1 heterocycles. The van der Waals surface area contributed by atoms with Gasteiger partial charge in [-0.25, -0.2) is 4.98 Å². The van der Waals surface area contributed by atoms with Crippen molar-refractivity contribution < 1.29 is 0 Å². The Morgan fingerprint density at radius 3 is 2.85 bits per heavy atom. The maximum absolute atomic E-state index is 6.17. The minimum atomic E-state index is 0.452. The van der Waals surface area contributed by atoms with Crippen LogP contribution in [0.25, 0.3) is 11.0 Å². The highest BCUT2D eigenvalue weighted by atomic mass is 35.5. The Labute approximate surface area is 126 Å². The number of aryl methyl sites for hydroxylation is 1. The Bertz CT molecular complexity index is 767. The van der Waals surface area contributed by atoms with Gasteiger partial charge in [0.25, 0.3) is 0 Å². The number of nitrogens with one attached hydrogen (secondary N) is 1. The zero-order valence-corrected chi connectivity index (χ0v) is 12.6. The smallest absolute Gasteiger partial charge is 0.171 e. The SMILES string of the molecule is Cc1ccc2nc(Sc3ccc(CN)c(Cl)c3)[nH]c2c1. The summed E-state index contributed by atoms with van der Waals surface area (Å²) in [6, 6.07) is 12.1. The lowest BCUT2D eigenvalue weighted by atomic mass is 10.2. The van der Waals surface area contributed by atoms with Crippen molar-refractivity contribution in [1.29, 1.82) is 0 Å². The van der Waals surface area contributed by atoms with Gasteiger partial charge in [-0.15, -0.1) is 0 Å². The molecule has 3 rings (SSSR count). The normalized spacial score (nSPS) is 11.2. The van der Waals surface area contributed by atoms with E-state index < -0.39 is 0 Å². The average Bonchev–Trinajstić information content (AvgIpc) is 2.80. The van der Waals surface area contributed by atoms with E-state index in [-0.39, 0.29) is 0 Å². The lowest BCUT2D eigenvalue weighted by Gasteiger charge is -2.03. The second-order valence-corrected chi connectivity index (χ2v) is 6.09. The zero-order chi connectivity index (χ0) is 14.1. The predicted molar refractivity (Wildman–Crippen MR) is 84.3 cm³/mol. The number of hydrogen-bond donors (Lipinski definition) is 2. The summed E-state index contributed by atoms with van der Waals surface area (Å²) < 4.78 is 0.